The molecule has 0 radical (unpaired) electrons. The molecule has 4 N–H and O–H groups in total. The molecule has 8 nitrogen and oxygen atoms in total. The topological polar surface area (TPSA) is 115 Å². The van der Waals surface area contributed by atoms with E-state index in [-0.39, 0.29) is 5.41 Å². The lowest BCUT2D eigenvalue weighted by Gasteiger charge is -2.19. The molecule has 3 aromatic rings. The molecule has 1 heterocycles. The third kappa shape index (κ3) is 5.88. The summed E-state index contributed by atoms with van der Waals surface area (Å²) in [6.45, 7) is 8.45. The van der Waals surface area contributed by atoms with Crippen molar-refractivity contribution < 1.29 is 9.59 Å². The van der Waals surface area contributed by atoms with Gasteiger partial charge >= 0.3 is 6.03 Å². The predicted molar refractivity (Wildman–Crippen MR) is 126 cm³/mol. The number of nitrogen functional groups attached to an aromatic ring is 1. The standard InChI is InChI=1S/C23H28N6O2S/c1-15(20(30)26-21(31)25-14-16-8-6-5-7-9-16)32-22-28-27-19(29(22)24)17-10-12-18(13-11-17)23(2,3)4/h5-13,15H,14,24H2,1-4H3,(H2,25,26,30,31). The van der Waals surface area contributed by atoms with Crippen LogP contribution in [0, 0.1) is 0 Å². The zero-order chi connectivity index (χ0) is 23.3. The minimum atomic E-state index is -0.597. The molecule has 0 aliphatic carbocycles. The van der Waals surface area contributed by atoms with E-state index in [9.17, 15) is 9.59 Å². The Balaban J connectivity index is 1.58. The van der Waals surface area contributed by atoms with Crippen LogP contribution >= 0.6 is 11.8 Å². The summed E-state index contributed by atoms with van der Waals surface area (Å²) in [5.41, 5.74) is 3.02. The highest BCUT2D eigenvalue weighted by molar-refractivity contribution is 8.00. The monoisotopic (exact) mass is 452 g/mol. The molecular weight excluding hydrogens is 424 g/mol. The van der Waals surface area contributed by atoms with E-state index in [2.05, 4.69) is 41.6 Å². The van der Waals surface area contributed by atoms with Crippen LogP contribution in [0.1, 0.15) is 38.8 Å². The van der Waals surface area contributed by atoms with E-state index in [4.69, 9.17) is 5.84 Å². The van der Waals surface area contributed by atoms with Crippen LogP contribution in [0.3, 0.4) is 0 Å². The molecule has 0 spiro atoms. The Hall–Kier alpha value is -3.33. The molecule has 1 aromatic heterocycles. The molecule has 3 rings (SSSR count). The van der Waals surface area contributed by atoms with Crippen molar-refractivity contribution in [1.29, 1.82) is 0 Å². The van der Waals surface area contributed by atoms with Crippen molar-refractivity contribution in [2.75, 3.05) is 5.84 Å². The number of carbonyl (C=O) groups is 2. The second-order valence-corrected chi connectivity index (χ2v) is 9.73. The smallest absolute Gasteiger partial charge is 0.321 e. The number of nitrogens with two attached hydrogens (primary N) is 1. The van der Waals surface area contributed by atoms with Gasteiger partial charge in [0, 0.05) is 12.1 Å². The summed E-state index contributed by atoms with van der Waals surface area (Å²) in [6.07, 6.45) is 0. The van der Waals surface area contributed by atoms with Crippen molar-refractivity contribution in [1.82, 2.24) is 25.5 Å². The molecule has 1 atom stereocenters. The fourth-order valence-electron chi connectivity index (χ4n) is 2.92. The van der Waals surface area contributed by atoms with Gasteiger partial charge in [0.1, 0.15) is 0 Å². The lowest BCUT2D eigenvalue weighted by molar-refractivity contribution is -0.119. The second-order valence-electron chi connectivity index (χ2n) is 8.42. The Kier molecular flexibility index (Phi) is 7.19. The third-order valence-corrected chi connectivity index (χ3v) is 5.91. The van der Waals surface area contributed by atoms with E-state index >= 15 is 0 Å². The van der Waals surface area contributed by atoms with Crippen LogP contribution in [0.15, 0.2) is 59.8 Å². The number of hydrogen-bond acceptors (Lipinski definition) is 6. The minimum absolute atomic E-state index is 0.0477. The highest BCUT2D eigenvalue weighted by atomic mass is 32.2. The van der Waals surface area contributed by atoms with Gasteiger partial charge in [-0.3, -0.25) is 10.1 Å². The van der Waals surface area contributed by atoms with Crippen LogP contribution in [0.25, 0.3) is 11.4 Å². The van der Waals surface area contributed by atoms with Gasteiger partial charge in [0.05, 0.1) is 5.25 Å². The van der Waals surface area contributed by atoms with Crippen LogP contribution < -0.4 is 16.5 Å². The molecule has 3 amide bonds. The lowest BCUT2D eigenvalue weighted by Crippen LogP contribution is -2.42. The van der Waals surface area contributed by atoms with Gasteiger partial charge in [-0.15, -0.1) is 10.2 Å². The van der Waals surface area contributed by atoms with Gasteiger partial charge in [-0.2, -0.15) is 0 Å². The molecule has 0 saturated carbocycles. The Morgan fingerprint density at radius 3 is 2.34 bits per heavy atom. The minimum Gasteiger partial charge on any atom is -0.335 e. The van der Waals surface area contributed by atoms with E-state index in [0.29, 0.717) is 17.5 Å². The summed E-state index contributed by atoms with van der Waals surface area (Å²) in [7, 11) is 0. The Morgan fingerprint density at radius 1 is 1.06 bits per heavy atom. The number of nitrogens with one attached hydrogen (secondary N) is 2. The van der Waals surface area contributed by atoms with Gasteiger partial charge in [-0.05, 0) is 23.5 Å². The zero-order valence-corrected chi connectivity index (χ0v) is 19.4. The van der Waals surface area contributed by atoms with Gasteiger partial charge in [0.2, 0.25) is 11.1 Å². The number of imide groups is 1. The summed E-state index contributed by atoms with van der Waals surface area (Å²) >= 11 is 1.13. The first kappa shape index (κ1) is 23.3. The molecule has 9 heteroatoms. The average Bonchev–Trinajstić information content (AvgIpc) is 3.12. The predicted octanol–water partition coefficient (Wildman–Crippen LogP) is 3.46. The quantitative estimate of drug-likeness (QED) is 0.390. The van der Waals surface area contributed by atoms with E-state index in [1.54, 1.807) is 6.92 Å². The molecule has 2 aromatic carbocycles. The number of benzene rings is 2. The molecule has 1 unspecified atom stereocenters. The molecule has 0 bridgehead atoms. The Labute approximate surface area is 192 Å². The van der Waals surface area contributed by atoms with E-state index in [1.165, 1.54) is 10.2 Å². The molecule has 0 saturated heterocycles. The van der Waals surface area contributed by atoms with E-state index in [0.717, 1.165) is 22.9 Å². The number of carbonyl (C=O) groups excluding carboxylic acids is 2. The van der Waals surface area contributed by atoms with Crippen LogP contribution in [-0.2, 0) is 16.8 Å². The number of urea groups is 1. The highest BCUT2D eigenvalue weighted by Gasteiger charge is 2.22. The number of rotatable bonds is 6. The van der Waals surface area contributed by atoms with Gasteiger partial charge in [-0.25, -0.2) is 9.47 Å². The highest BCUT2D eigenvalue weighted by Crippen LogP contribution is 2.27. The molecule has 0 aliphatic heterocycles. The van der Waals surface area contributed by atoms with Crippen molar-refractivity contribution in [2.45, 2.75) is 50.1 Å². The number of amides is 3. The van der Waals surface area contributed by atoms with Crippen LogP contribution in [0.5, 0.6) is 0 Å². The Bertz CT molecular complexity index is 1070. The third-order valence-electron chi connectivity index (χ3n) is 4.86. The first-order chi connectivity index (χ1) is 15.1. The zero-order valence-electron chi connectivity index (χ0n) is 18.6. The number of hydrogen-bond donors (Lipinski definition) is 3. The van der Waals surface area contributed by atoms with Gasteiger partial charge < -0.3 is 11.2 Å². The summed E-state index contributed by atoms with van der Waals surface area (Å²) in [5, 5.41) is 13.1. The Morgan fingerprint density at radius 2 is 1.72 bits per heavy atom. The summed E-state index contributed by atoms with van der Waals surface area (Å²) < 4.78 is 1.36. The first-order valence-electron chi connectivity index (χ1n) is 10.3. The van der Waals surface area contributed by atoms with Crippen LogP contribution in [0.2, 0.25) is 0 Å². The summed E-state index contributed by atoms with van der Waals surface area (Å²) in [5.74, 6) is 6.24. The first-order valence-corrected chi connectivity index (χ1v) is 11.1. The summed E-state index contributed by atoms with van der Waals surface area (Å²) in [6, 6.07) is 16.9. The van der Waals surface area contributed by atoms with Crippen LogP contribution in [0.4, 0.5) is 4.79 Å². The van der Waals surface area contributed by atoms with Crippen molar-refractivity contribution in [3.05, 3.63) is 65.7 Å². The number of nitrogens with zero attached hydrogens (tertiary/aromatic N) is 3. The fourth-order valence-corrected chi connectivity index (χ4v) is 3.69. The largest absolute Gasteiger partial charge is 0.335 e. The van der Waals surface area contributed by atoms with E-state index < -0.39 is 17.2 Å². The van der Waals surface area contributed by atoms with Crippen molar-refractivity contribution in [2.24, 2.45) is 0 Å². The van der Waals surface area contributed by atoms with Crippen molar-refractivity contribution in [3.8, 4) is 11.4 Å². The van der Waals surface area contributed by atoms with Gasteiger partial charge in [0.25, 0.3) is 0 Å². The molecule has 32 heavy (non-hydrogen) atoms. The molecular formula is C23H28N6O2S. The molecule has 0 aliphatic rings. The SMILES string of the molecule is CC(Sc1nnc(-c2ccc(C(C)(C)C)cc2)n1N)C(=O)NC(=O)NCc1ccccc1. The maximum Gasteiger partial charge on any atom is 0.321 e. The molecule has 168 valence electrons. The summed E-state index contributed by atoms with van der Waals surface area (Å²) in [4.78, 5) is 24.4. The lowest BCUT2D eigenvalue weighted by atomic mass is 9.87. The second kappa shape index (κ2) is 9.86. The van der Waals surface area contributed by atoms with Gasteiger partial charge in [-0.1, -0.05) is 87.1 Å². The number of aromatic nitrogens is 3. The van der Waals surface area contributed by atoms with Gasteiger partial charge in [0.15, 0.2) is 5.82 Å². The van der Waals surface area contributed by atoms with E-state index in [1.807, 2.05) is 54.6 Å². The van der Waals surface area contributed by atoms with Crippen molar-refractivity contribution in [3.63, 3.8) is 0 Å². The molecule has 0 fully saturated rings. The van der Waals surface area contributed by atoms with Crippen molar-refractivity contribution >= 4 is 23.7 Å². The number of thioether (sulfide) groups is 1. The maximum atomic E-state index is 12.4. The van der Waals surface area contributed by atoms with Crippen LogP contribution in [-0.4, -0.2) is 32.1 Å². The fraction of sp³-hybridized carbons (Fsp3) is 0.304. The maximum absolute atomic E-state index is 12.4. The average molecular weight is 453 g/mol. The normalized spacial score (nSPS) is 12.2.